The lowest BCUT2D eigenvalue weighted by atomic mass is 10.0. The van der Waals surface area contributed by atoms with E-state index in [1.807, 2.05) is 0 Å². The molecule has 1 atom stereocenters. The van der Waals surface area contributed by atoms with Crippen molar-refractivity contribution < 1.29 is 22.3 Å². The minimum atomic E-state index is -3.33. The van der Waals surface area contributed by atoms with Crippen LogP contribution in [0.1, 0.15) is 19.4 Å². The topological polar surface area (TPSA) is 121 Å². The first-order valence-electron chi connectivity index (χ1n) is 10.4. The van der Waals surface area contributed by atoms with Crippen molar-refractivity contribution in [2.45, 2.75) is 13.8 Å². The predicted molar refractivity (Wildman–Crippen MR) is 138 cm³/mol. The number of nitrogens with one attached hydrogen (secondary N) is 2. The van der Waals surface area contributed by atoms with E-state index in [-0.39, 0.29) is 27.8 Å². The molecule has 0 aliphatic carbocycles. The largest absolute Gasteiger partial charge is 0.492 e. The molecular formula is C23H22ClFN4O4S2. The van der Waals surface area contributed by atoms with E-state index in [0.717, 1.165) is 10.8 Å². The number of aliphatic imine (C=N–C) groups is 1. The van der Waals surface area contributed by atoms with E-state index in [9.17, 15) is 22.9 Å². The van der Waals surface area contributed by atoms with Gasteiger partial charge in [-0.1, -0.05) is 11.6 Å². The van der Waals surface area contributed by atoms with Crippen LogP contribution < -0.4 is 15.4 Å². The fraction of sp³-hybridized carbons (Fsp3) is 0.261. The van der Waals surface area contributed by atoms with Gasteiger partial charge in [0.2, 0.25) is 14.8 Å². The quantitative estimate of drug-likeness (QED) is 0.270. The van der Waals surface area contributed by atoms with Gasteiger partial charge in [-0.05, 0) is 55.6 Å². The Balaban J connectivity index is 2.07. The standard InChI is InChI=1S/C23H22ClFN4O4S2/c1-4-33-21-9-19(27-3)16(8-20(21)29-23(30)14-11-34-35(31,32)12-14)22(13(2)10-26)28-15-5-6-18(25)17(24)7-15/h5-9,14,28H,3-4,11-12H2,1-2H3,(H,29,30)/b22-13-. The molecule has 0 saturated carbocycles. The Morgan fingerprint density at radius 2 is 2.11 bits per heavy atom. The van der Waals surface area contributed by atoms with Gasteiger partial charge in [-0.3, -0.25) is 9.79 Å². The van der Waals surface area contributed by atoms with Gasteiger partial charge < -0.3 is 15.4 Å². The van der Waals surface area contributed by atoms with Crippen molar-refractivity contribution in [2.75, 3.05) is 28.7 Å². The van der Waals surface area contributed by atoms with Crippen LogP contribution in [0.25, 0.3) is 5.70 Å². The summed E-state index contributed by atoms with van der Waals surface area (Å²) in [6.07, 6.45) is 0. The molecule has 2 aromatic carbocycles. The van der Waals surface area contributed by atoms with E-state index >= 15 is 0 Å². The molecule has 0 bridgehead atoms. The van der Waals surface area contributed by atoms with Gasteiger partial charge in [-0.2, -0.15) is 5.26 Å². The highest BCUT2D eigenvalue weighted by molar-refractivity contribution is 8.72. The highest BCUT2D eigenvalue weighted by Crippen LogP contribution is 2.39. The van der Waals surface area contributed by atoms with E-state index in [2.05, 4.69) is 28.4 Å². The van der Waals surface area contributed by atoms with Crippen molar-refractivity contribution in [1.82, 2.24) is 0 Å². The number of halogens is 2. The first-order valence-corrected chi connectivity index (χ1v) is 13.9. The molecule has 1 aliphatic heterocycles. The summed E-state index contributed by atoms with van der Waals surface area (Å²) in [5.74, 6) is -1.56. The van der Waals surface area contributed by atoms with Crippen molar-refractivity contribution >= 4 is 66.6 Å². The van der Waals surface area contributed by atoms with Crippen LogP contribution in [0.3, 0.4) is 0 Å². The number of amides is 1. The van der Waals surface area contributed by atoms with Crippen LogP contribution in [0.15, 0.2) is 40.9 Å². The molecule has 35 heavy (non-hydrogen) atoms. The fourth-order valence-corrected chi connectivity index (χ4v) is 7.05. The van der Waals surface area contributed by atoms with E-state index in [1.54, 1.807) is 26.0 Å². The van der Waals surface area contributed by atoms with Gasteiger partial charge in [0.05, 0.1) is 52.0 Å². The van der Waals surface area contributed by atoms with Gasteiger partial charge in [-0.25, -0.2) is 12.8 Å². The summed E-state index contributed by atoms with van der Waals surface area (Å²) in [4.78, 5) is 16.9. The van der Waals surface area contributed by atoms with E-state index in [4.69, 9.17) is 16.3 Å². The van der Waals surface area contributed by atoms with Crippen molar-refractivity contribution in [1.29, 1.82) is 5.26 Å². The summed E-state index contributed by atoms with van der Waals surface area (Å²) < 4.78 is 42.9. The Labute approximate surface area is 211 Å². The molecule has 1 fully saturated rings. The van der Waals surface area contributed by atoms with E-state index < -0.39 is 26.5 Å². The summed E-state index contributed by atoms with van der Waals surface area (Å²) in [6, 6.07) is 9.23. The average Bonchev–Trinajstić information content (AvgIpc) is 3.20. The highest BCUT2D eigenvalue weighted by atomic mass is 35.5. The summed E-state index contributed by atoms with van der Waals surface area (Å²) >= 11 is 5.90. The second-order valence-corrected chi connectivity index (χ2v) is 12.2. The fourth-order valence-electron chi connectivity index (χ4n) is 3.32. The molecule has 1 unspecified atom stereocenters. The van der Waals surface area contributed by atoms with Crippen molar-refractivity contribution in [3.63, 3.8) is 0 Å². The molecule has 2 N–H and O–H groups in total. The normalized spacial score (nSPS) is 17.2. The third-order valence-electron chi connectivity index (χ3n) is 5.05. The number of hydrogen-bond acceptors (Lipinski definition) is 8. The van der Waals surface area contributed by atoms with E-state index in [1.165, 1.54) is 18.2 Å². The number of nitriles is 1. The van der Waals surface area contributed by atoms with Gasteiger partial charge in [0.1, 0.15) is 11.6 Å². The molecule has 8 nitrogen and oxygen atoms in total. The highest BCUT2D eigenvalue weighted by Gasteiger charge is 2.34. The van der Waals surface area contributed by atoms with Crippen LogP contribution in [-0.2, 0) is 13.7 Å². The monoisotopic (exact) mass is 536 g/mol. The third kappa shape index (κ3) is 6.33. The number of anilines is 2. The Bertz CT molecular complexity index is 1360. The Kier molecular flexibility index (Phi) is 8.43. The molecular weight excluding hydrogens is 515 g/mol. The number of rotatable bonds is 8. The van der Waals surface area contributed by atoms with Gasteiger partial charge in [0.25, 0.3) is 0 Å². The SMILES string of the molecule is C=Nc1cc(OCC)c(NC(=O)C2CSS(=O)(=O)C2)cc1/C(Nc1ccc(F)c(Cl)c1)=C(\C)C#N. The van der Waals surface area contributed by atoms with Crippen molar-refractivity contribution in [2.24, 2.45) is 10.9 Å². The molecule has 1 aliphatic rings. The third-order valence-corrected chi connectivity index (χ3v) is 8.94. The van der Waals surface area contributed by atoms with Crippen LogP contribution >= 0.6 is 22.4 Å². The second kappa shape index (κ2) is 11.1. The van der Waals surface area contributed by atoms with Crippen LogP contribution in [0.5, 0.6) is 5.75 Å². The van der Waals surface area contributed by atoms with Crippen LogP contribution in [0.2, 0.25) is 5.02 Å². The smallest absolute Gasteiger partial charge is 0.229 e. The molecule has 1 amide bonds. The van der Waals surface area contributed by atoms with E-state index in [0.29, 0.717) is 35.0 Å². The van der Waals surface area contributed by atoms with Crippen molar-refractivity contribution in [3.05, 3.63) is 52.3 Å². The first kappa shape index (κ1) is 26.5. The molecule has 1 heterocycles. The zero-order valence-electron chi connectivity index (χ0n) is 18.9. The number of nitrogens with zero attached hydrogens (tertiary/aromatic N) is 2. The summed E-state index contributed by atoms with van der Waals surface area (Å²) in [5, 5.41) is 15.3. The maximum Gasteiger partial charge on any atom is 0.229 e. The maximum atomic E-state index is 13.6. The van der Waals surface area contributed by atoms with Crippen LogP contribution in [-0.4, -0.2) is 39.2 Å². The number of ether oxygens (including phenoxy) is 1. The number of carbonyl (C=O) groups excluding carboxylic acids is 1. The minimum absolute atomic E-state index is 0.102. The predicted octanol–water partition coefficient (Wildman–Crippen LogP) is 5.21. The summed E-state index contributed by atoms with van der Waals surface area (Å²) in [5.41, 5.74) is 2.06. The molecule has 0 radical (unpaired) electrons. The maximum absolute atomic E-state index is 13.6. The molecule has 12 heteroatoms. The Morgan fingerprint density at radius 1 is 1.37 bits per heavy atom. The number of benzene rings is 2. The van der Waals surface area contributed by atoms with Gasteiger partial charge in [0, 0.05) is 23.1 Å². The Morgan fingerprint density at radius 3 is 2.69 bits per heavy atom. The van der Waals surface area contributed by atoms with Crippen LogP contribution in [0.4, 0.5) is 21.5 Å². The lowest BCUT2D eigenvalue weighted by Gasteiger charge is -2.19. The average molecular weight is 537 g/mol. The van der Waals surface area contributed by atoms with Gasteiger partial charge in [-0.15, -0.1) is 0 Å². The lowest BCUT2D eigenvalue weighted by Crippen LogP contribution is -2.25. The number of hydrogen-bond donors (Lipinski definition) is 2. The molecule has 3 rings (SSSR count). The number of carbonyl (C=O) groups is 1. The van der Waals surface area contributed by atoms with Gasteiger partial charge in [0.15, 0.2) is 0 Å². The van der Waals surface area contributed by atoms with Crippen LogP contribution in [0, 0.1) is 23.1 Å². The zero-order chi connectivity index (χ0) is 25.8. The molecule has 184 valence electrons. The summed E-state index contributed by atoms with van der Waals surface area (Å²) in [6.45, 7) is 7.24. The Hall–Kier alpha value is -3.07. The first-order chi connectivity index (χ1) is 16.6. The van der Waals surface area contributed by atoms with Gasteiger partial charge >= 0.3 is 0 Å². The molecule has 2 aromatic rings. The zero-order valence-corrected chi connectivity index (χ0v) is 21.3. The molecule has 0 aromatic heterocycles. The number of allylic oxidation sites excluding steroid dienone is 1. The minimum Gasteiger partial charge on any atom is -0.492 e. The molecule has 1 saturated heterocycles. The van der Waals surface area contributed by atoms with Crippen molar-refractivity contribution in [3.8, 4) is 11.8 Å². The summed E-state index contributed by atoms with van der Waals surface area (Å²) in [7, 11) is -2.58. The second-order valence-electron chi connectivity index (χ2n) is 7.52. The molecule has 0 spiro atoms. The lowest BCUT2D eigenvalue weighted by molar-refractivity contribution is -0.118.